The van der Waals surface area contributed by atoms with Gasteiger partial charge in [-0.15, -0.1) is 0 Å². The molecule has 2 N–H and O–H groups in total. The standard InChI is InChI=1S/C7H15FO2/c1-5(2)3-7(10)6(8)4-9/h5-7,9-10H,3-4H2,1-2H3/t6-,7+/m1/s1. The number of hydrogen-bond acceptors (Lipinski definition) is 2. The molecule has 10 heavy (non-hydrogen) atoms. The molecule has 0 amide bonds. The predicted molar refractivity (Wildman–Crippen MR) is 37.4 cm³/mol. The molecule has 0 aliphatic rings. The summed E-state index contributed by atoms with van der Waals surface area (Å²) in [7, 11) is 0. The van der Waals surface area contributed by atoms with Crippen LogP contribution in [0.2, 0.25) is 0 Å². The minimum Gasteiger partial charge on any atom is -0.393 e. The van der Waals surface area contributed by atoms with Gasteiger partial charge >= 0.3 is 0 Å². The molecule has 0 radical (unpaired) electrons. The molecule has 0 aliphatic heterocycles. The number of aliphatic hydroxyl groups is 2. The highest BCUT2D eigenvalue weighted by molar-refractivity contribution is 4.67. The Labute approximate surface area is 60.7 Å². The Morgan fingerprint density at radius 2 is 1.90 bits per heavy atom. The molecule has 0 heterocycles. The van der Waals surface area contributed by atoms with E-state index >= 15 is 0 Å². The Bertz CT molecular complexity index is 85.7. The molecule has 0 bridgehead atoms. The second kappa shape index (κ2) is 4.63. The SMILES string of the molecule is CC(C)C[C@H](O)[C@H](F)CO. The smallest absolute Gasteiger partial charge is 0.149 e. The van der Waals surface area contributed by atoms with Crippen LogP contribution >= 0.6 is 0 Å². The largest absolute Gasteiger partial charge is 0.393 e. The molecule has 0 rings (SSSR count). The van der Waals surface area contributed by atoms with E-state index in [-0.39, 0.29) is 5.92 Å². The van der Waals surface area contributed by atoms with E-state index in [0.717, 1.165) is 0 Å². The maximum Gasteiger partial charge on any atom is 0.149 e. The van der Waals surface area contributed by atoms with Crippen LogP contribution in [0.3, 0.4) is 0 Å². The lowest BCUT2D eigenvalue weighted by Crippen LogP contribution is -2.26. The van der Waals surface area contributed by atoms with Crippen LogP contribution in [0.5, 0.6) is 0 Å². The van der Waals surface area contributed by atoms with Gasteiger partial charge in [0.25, 0.3) is 0 Å². The molecule has 0 aromatic heterocycles. The molecule has 3 heteroatoms. The highest BCUT2D eigenvalue weighted by Crippen LogP contribution is 2.09. The van der Waals surface area contributed by atoms with Gasteiger partial charge in [-0.25, -0.2) is 4.39 Å². The Morgan fingerprint density at radius 1 is 1.40 bits per heavy atom. The molecule has 0 fully saturated rings. The molecule has 0 unspecified atom stereocenters. The second-order valence-electron chi connectivity index (χ2n) is 2.90. The van der Waals surface area contributed by atoms with Crippen LogP contribution in [-0.2, 0) is 0 Å². The quantitative estimate of drug-likeness (QED) is 0.620. The zero-order chi connectivity index (χ0) is 8.15. The first-order valence-corrected chi connectivity index (χ1v) is 3.51. The monoisotopic (exact) mass is 150 g/mol. The summed E-state index contributed by atoms with van der Waals surface area (Å²) in [5.74, 6) is 0.264. The average molecular weight is 150 g/mol. The van der Waals surface area contributed by atoms with E-state index in [0.29, 0.717) is 6.42 Å². The Hall–Kier alpha value is -0.150. The van der Waals surface area contributed by atoms with Gasteiger partial charge < -0.3 is 10.2 Å². The van der Waals surface area contributed by atoms with Crippen LogP contribution in [0.15, 0.2) is 0 Å². The molecule has 62 valence electrons. The van der Waals surface area contributed by atoms with E-state index in [1.807, 2.05) is 13.8 Å². The molecule has 0 aromatic rings. The number of hydrogen-bond donors (Lipinski definition) is 2. The van der Waals surface area contributed by atoms with Crippen molar-refractivity contribution in [2.75, 3.05) is 6.61 Å². The lowest BCUT2D eigenvalue weighted by atomic mass is 10.0. The summed E-state index contributed by atoms with van der Waals surface area (Å²) in [6, 6.07) is 0. The van der Waals surface area contributed by atoms with E-state index in [1.165, 1.54) is 0 Å². The Balaban J connectivity index is 3.50. The average Bonchev–Trinajstić information content (AvgIpc) is 1.85. The van der Waals surface area contributed by atoms with Crippen LogP contribution in [0.1, 0.15) is 20.3 Å². The molecule has 0 saturated carbocycles. The highest BCUT2D eigenvalue weighted by atomic mass is 19.1. The maximum absolute atomic E-state index is 12.4. The van der Waals surface area contributed by atoms with Gasteiger partial charge in [-0.05, 0) is 12.3 Å². The fourth-order valence-corrected chi connectivity index (χ4v) is 0.752. The molecule has 0 saturated heterocycles. The predicted octanol–water partition coefficient (Wildman–Crippen LogP) is 0.724. The number of halogens is 1. The van der Waals surface area contributed by atoms with E-state index in [1.54, 1.807) is 0 Å². The van der Waals surface area contributed by atoms with Gasteiger partial charge in [-0.3, -0.25) is 0 Å². The Morgan fingerprint density at radius 3 is 2.20 bits per heavy atom. The van der Waals surface area contributed by atoms with Crippen LogP contribution in [0, 0.1) is 5.92 Å². The van der Waals surface area contributed by atoms with Gasteiger partial charge in [-0.1, -0.05) is 13.8 Å². The van der Waals surface area contributed by atoms with Crippen LogP contribution in [0.25, 0.3) is 0 Å². The first-order valence-electron chi connectivity index (χ1n) is 3.51. The lowest BCUT2D eigenvalue weighted by molar-refractivity contribution is 0.0277. The van der Waals surface area contributed by atoms with Crippen molar-refractivity contribution < 1.29 is 14.6 Å². The van der Waals surface area contributed by atoms with E-state index < -0.39 is 18.9 Å². The fraction of sp³-hybridized carbons (Fsp3) is 1.00. The van der Waals surface area contributed by atoms with Gasteiger partial charge in [0.15, 0.2) is 0 Å². The summed E-state index contributed by atoms with van der Waals surface area (Å²) in [5.41, 5.74) is 0. The third kappa shape index (κ3) is 3.80. The molecular weight excluding hydrogens is 135 g/mol. The summed E-state index contributed by atoms with van der Waals surface area (Å²) in [4.78, 5) is 0. The first kappa shape index (κ1) is 9.85. The van der Waals surface area contributed by atoms with E-state index in [2.05, 4.69) is 0 Å². The normalized spacial score (nSPS) is 17.4. The van der Waals surface area contributed by atoms with Gasteiger partial charge in [-0.2, -0.15) is 0 Å². The number of rotatable bonds is 4. The van der Waals surface area contributed by atoms with Crippen LogP contribution < -0.4 is 0 Å². The van der Waals surface area contributed by atoms with Crippen molar-refractivity contribution in [2.45, 2.75) is 32.5 Å². The topological polar surface area (TPSA) is 40.5 Å². The van der Waals surface area contributed by atoms with Crippen molar-refractivity contribution in [1.29, 1.82) is 0 Å². The molecular formula is C7H15FO2. The van der Waals surface area contributed by atoms with Crippen LogP contribution in [-0.4, -0.2) is 29.1 Å². The molecule has 0 spiro atoms. The highest BCUT2D eigenvalue weighted by Gasteiger charge is 2.17. The van der Waals surface area contributed by atoms with E-state index in [4.69, 9.17) is 10.2 Å². The first-order chi connectivity index (χ1) is 4.57. The molecule has 2 nitrogen and oxygen atoms in total. The van der Waals surface area contributed by atoms with Crippen molar-refractivity contribution >= 4 is 0 Å². The molecule has 2 atom stereocenters. The van der Waals surface area contributed by atoms with Crippen molar-refractivity contribution in [3.05, 3.63) is 0 Å². The lowest BCUT2D eigenvalue weighted by Gasteiger charge is -2.14. The van der Waals surface area contributed by atoms with Crippen molar-refractivity contribution in [3.8, 4) is 0 Å². The Kier molecular flexibility index (Phi) is 4.56. The summed E-state index contributed by atoms with van der Waals surface area (Å²) >= 11 is 0. The summed E-state index contributed by atoms with van der Waals surface area (Å²) in [6.45, 7) is 3.20. The summed E-state index contributed by atoms with van der Waals surface area (Å²) < 4.78 is 12.4. The van der Waals surface area contributed by atoms with Gasteiger partial charge in [0.2, 0.25) is 0 Å². The maximum atomic E-state index is 12.4. The van der Waals surface area contributed by atoms with Crippen molar-refractivity contribution in [3.63, 3.8) is 0 Å². The second-order valence-corrected chi connectivity index (χ2v) is 2.90. The summed E-state index contributed by atoms with van der Waals surface area (Å²) in [5, 5.41) is 17.2. The summed E-state index contributed by atoms with van der Waals surface area (Å²) in [6.07, 6.45) is -2.09. The van der Waals surface area contributed by atoms with E-state index in [9.17, 15) is 4.39 Å². The molecule has 0 aromatic carbocycles. The van der Waals surface area contributed by atoms with Crippen molar-refractivity contribution in [1.82, 2.24) is 0 Å². The zero-order valence-electron chi connectivity index (χ0n) is 6.42. The fourth-order valence-electron chi connectivity index (χ4n) is 0.752. The van der Waals surface area contributed by atoms with Crippen LogP contribution in [0.4, 0.5) is 4.39 Å². The third-order valence-electron chi connectivity index (χ3n) is 1.30. The third-order valence-corrected chi connectivity index (χ3v) is 1.30. The zero-order valence-corrected chi connectivity index (χ0v) is 6.42. The minimum absolute atomic E-state index is 0.264. The van der Waals surface area contributed by atoms with Crippen molar-refractivity contribution in [2.24, 2.45) is 5.92 Å². The van der Waals surface area contributed by atoms with Gasteiger partial charge in [0.05, 0.1) is 12.7 Å². The van der Waals surface area contributed by atoms with Gasteiger partial charge in [0, 0.05) is 0 Å². The minimum atomic E-state index is -1.48. The number of alkyl halides is 1. The van der Waals surface area contributed by atoms with Gasteiger partial charge in [0.1, 0.15) is 6.17 Å². The molecule has 0 aliphatic carbocycles. The number of aliphatic hydroxyl groups excluding tert-OH is 2.